The lowest BCUT2D eigenvalue weighted by Crippen LogP contribution is -2.37. The summed E-state index contributed by atoms with van der Waals surface area (Å²) in [5.41, 5.74) is 1.58. The van der Waals surface area contributed by atoms with Crippen LogP contribution in [0.25, 0.3) is 10.2 Å². The van der Waals surface area contributed by atoms with Crippen molar-refractivity contribution in [2.24, 2.45) is 0 Å². The molecule has 0 radical (unpaired) electrons. The molecule has 1 heterocycles. The van der Waals surface area contributed by atoms with Gasteiger partial charge in [0.1, 0.15) is 5.75 Å². The number of anilines is 1. The Bertz CT molecular complexity index is 1150. The number of thiazole rings is 1. The zero-order valence-electron chi connectivity index (χ0n) is 17.5. The molecular weight excluding hydrogens is 477 g/mol. The first-order chi connectivity index (χ1) is 14.2. The Morgan fingerprint density at radius 3 is 2.42 bits per heavy atom. The van der Waals surface area contributed by atoms with E-state index in [1.807, 2.05) is 32.0 Å². The van der Waals surface area contributed by atoms with Crippen molar-refractivity contribution in [1.82, 2.24) is 9.88 Å². The minimum absolute atomic E-state index is 0. The smallest absolute Gasteiger partial charge is 0.244 e. The molecule has 3 rings (SSSR count). The molecule has 0 bridgehead atoms. The number of fused-ring (bicyclic) bond motifs is 1. The Kier molecular flexibility index (Phi) is 8.85. The molecule has 0 saturated carbocycles. The number of hydrogen-bond acceptors (Lipinski definition) is 6. The summed E-state index contributed by atoms with van der Waals surface area (Å²) in [5.74, 6) is -1.09. The van der Waals surface area contributed by atoms with Crippen LogP contribution in [-0.2, 0) is 14.6 Å². The largest absolute Gasteiger partial charge is 0.309 e. The van der Waals surface area contributed by atoms with Gasteiger partial charge in [0.25, 0.3) is 0 Å². The van der Waals surface area contributed by atoms with E-state index in [0.29, 0.717) is 23.1 Å². The number of benzene rings is 2. The van der Waals surface area contributed by atoms with Gasteiger partial charge in [-0.25, -0.2) is 13.4 Å². The number of amides is 1. The predicted octanol–water partition coefficient (Wildman–Crippen LogP) is 4.44. The molecule has 2 aromatic carbocycles. The van der Waals surface area contributed by atoms with Gasteiger partial charge in [-0.3, -0.25) is 9.69 Å². The average molecular weight is 502 g/mol. The SMILES string of the molecule is Cc1c(Cl)ccc2sc(N(CCCN(C)C)C(=O)CS(=O)(=O)c3ccccc3)nc12.Cl. The number of rotatable bonds is 8. The highest BCUT2D eigenvalue weighted by molar-refractivity contribution is 7.92. The topological polar surface area (TPSA) is 70.6 Å². The Morgan fingerprint density at radius 2 is 1.77 bits per heavy atom. The molecule has 0 saturated heterocycles. The van der Waals surface area contributed by atoms with Crippen LogP contribution in [-0.4, -0.2) is 57.1 Å². The van der Waals surface area contributed by atoms with E-state index in [1.165, 1.54) is 28.4 Å². The van der Waals surface area contributed by atoms with Gasteiger partial charge in [0.2, 0.25) is 5.91 Å². The number of aromatic nitrogens is 1. The maximum absolute atomic E-state index is 13.1. The van der Waals surface area contributed by atoms with Crippen LogP contribution in [0.5, 0.6) is 0 Å². The summed E-state index contributed by atoms with van der Waals surface area (Å²) in [7, 11) is 0.162. The Labute approximate surface area is 198 Å². The van der Waals surface area contributed by atoms with Gasteiger partial charge in [-0.15, -0.1) is 12.4 Å². The van der Waals surface area contributed by atoms with Crippen LogP contribution in [0, 0.1) is 6.92 Å². The highest BCUT2D eigenvalue weighted by atomic mass is 35.5. The molecule has 0 aliphatic carbocycles. The van der Waals surface area contributed by atoms with Gasteiger partial charge in [0.15, 0.2) is 15.0 Å². The third-order valence-corrected chi connectivity index (χ3v) is 7.74. The molecule has 0 N–H and O–H groups in total. The minimum atomic E-state index is -3.74. The van der Waals surface area contributed by atoms with E-state index in [4.69, 9.17) is 11.6 Å². The Balaban J connectivity index is 0.00000341. The lowest BCUT2D eigenvalue weighted by molar-refractivity contribution is -0.116. The zero-order chi connectivity index (χ0) is 21.9. The summed E-state index contributed by atoms with van der Waals surface area (Å²) in [5, 5.41) is 1.10. The van der Waals surface area contributed by atoms with Crippen LogP contribution in [0.4, 0.5) is 5.13 Å². The summed E-state index contributed by atoms with van der Waals surface area (Å²) >= 11 is 7.58. The lowest BCUT2D eigenvalue weighted by atomic mass is 10.2. The zero-order valence-corrected chi connectivity index (χ0v) is 20.7. The maximum atomic E-state index is 13.1. The van der Waals surface area contributed by atoms with Gasteiger partial charge in [-0.05, 0) is 63.8 Å². The van der Waals surface area contributed by atoms with Crippen LogP contribution >= 0.6 is 35.3 Å². The van der Waals surface area contributed by atoms with E-state index in [9.17, 15) is 13.2 Å². The van der Waals surface area contributed by atoms with E-state index in [-0.39, 0.29) is 17.3 Å². The number of aryl methyl sites for hydroxylation is 1. The summed E-state index contributed by atoms with van der Waals surface area (Å²) in [6.07, 6.45) is 0.694. The summed E-state index contributed by atoms with van der Waals surface area (Å²) in [6.45, 7) is 3.03. The first-order valence-corrected chi connectivity index (χ1v) is 12.3. The van der Waals surface area contributed by atoms with E-state index in [2.05, 4.69) is 4.98 Å². The lowest BCUT2D eigenvalue weighted by Gasteiger charge is -2.21. The van der Waals surface area contributed by atoms with Crippen LogP contribution in [0.15, 0.2) is 47.4 Å². The number of halogens is 2. The standard InChI is InChI=1S/C21H24ClN3O3S2.ClH/c1-15-17(22)10-11-18-20(15)23-21(29-18)25(13-7-12-24(2)3)19(26)14-30(27,28)16-8-5-4-6-9-16;/h4-6,8-11H,7,12-14H2,1-3H3;1H. The van der Waals surface area contributed by atoms with E-state index >= 15 is 0 Å². The third-order valence-electron chi connectivity index (χ3n) is 4.67. The first kappa shape index (κ1) is 25.5. The second-order valence-corrected chi connectivity index (χ2v) is 10.7. The van der Waals surface area contributed by atoms with E-state index < -0.39 is 21.5 Å². The fourth-order valence-corrected chi connectivity index (χ4v) is 5.47. The van der Waals surface area contributed by atoms with Crippen molar-refractivity contribution in [3.05, 3.63) is 53.1 Å². The Hall–Kier alpha value is -1.71. The summed E-state index contributed by atoms with van der Waals surface area (Å²) in [4.78, 5) is 21.4. The number of hydrogen-bond donors (Lipinski definition) is 0. The van der Waals surface area contributed by atoms with Gasteiger partial charge >= 0.3 is 0 Å². The first-order valence-electron chi connectivity index (χ1n) is 9.47. The van der Waals surface area contributed by atoms with Crippen LogP contribution in [0.3, 0.4) is 0 Å². The van der Waals surface area contributed by atoms with Crippen molar-refractivity contribution in [2.45, 2.75) is 18.2 Å². The van der Waals surface area contributed by atoms with Gasteiger partial charge < -0.3 is 4.90 Å². The molecule has 0 spiro atoms. The molecule has 6 nitrogen and oxygen atoms in total. The van der Waals surface area contributed by atoms with Gasteiger partial charge in [0, 0.05) is 11.6 Å². The highest BCUT2D eigenvalue weighted by Crippen LogP contribution is 2.34. The van der Waals surface area contributed by atoms with Crippen molar-refractivity contribution in [3.8, 4) is 0 Å². The van der Waals surface area contributed by atoms with E-state index in [0.717, 1.165) is 22.3 Å². The van der Waals surface area contributed by atoms with Crippen LogP contribution in [0.1, 0.15) is 12.0 Å². The van der Waals surface area contributed by atoms with Gasteiger partial charge in [-0.1, -0.05) is 41.1 Å². The second kappa shape index (κ2) is 10.7. The van der Waals surface area contributed by atoms with Crippen molar-refractivity contribution >= 4 is 66.4 Å². The van der Waals surface area contributed by atoms with E-state index in [1.54, 1.807) is 24.3 Å². The fourth-order valence-electron chi connectivity index (χ4n) is 3.03. The third kappa shape index (κ3) is 6.17. The van der Waals surface area contributed by atoms with Crippen molar-refractivity contribution in [3.63, 3.8) is 0 Å². The van der Waals surface area contributed by atoms with Crippen molar-refractivity contribution in [2.75, 3.05) is 37.8 Å². The number of sulfone groups is 1. The van der Waals surface area contributed by atoms with Crippen molar-refractivity contribution in [1.29, 1.82) is 0 Å². The molecule has 1 aromatic heterocycles. The summed E-state index contributed by atoms with van der Waals surface area (Å²) < 4.78 is 26.4. The molecule has 0 fully saturated rings. The monoisotopic (exact) mass is 501 g/mol. The summed E-state index contributed by atoms with van der Waals surface area (Å²) in [6, 6.07) is 11.7. The van der Waals surface area contributed by atoms with Crippen molar-refractivity contribution < 1.29 is 13.2 Å². The average Bonchev–Trinajstić information content (AvgIpc) is 3.13. The second-order valence-electron chi connectivity index (χ2n) is 7.29. The maximum Gasteiger partial charge on any atom is 0.244 e. The van der Waals surface area contributed by atoms with Crippen LogP contribution in [0.2, 0.25) is 5.02 Å². The Morgan fingerprint density at radius 1 is 1.10 bits per heavy atom. The molecule has 31 heavy (non-hydrogen) atoms. The molecule has 0 aliphatic rings. The normalized spacial score (nSPS) is 11.5. The molecule has 10 heteroatoms. The molecule has 0 atom stereocenters. The molecule has 168 valence electrons. The minimum Gasteiger partial charge on any atom is -0.309 e. The van der Waals surface area contributed by atoms with Crippen LogP contribution < -0.4 is 4.90 Å². The highest BCUT2D eigenvalue weighted by Gasteiger charge is 2.26. The molecule has 1 amide bonds. The number of carbonyl (C=O) groups is 1. The van der Waals surface area contributed by atoms with Gasteiger partial charge in [-0.2, -0.15) is 0 Å². The molecule has 0 aliphatic heterocycles. The number of nitrogens with zero attached hydrogens (tertiary/aromatic N) is 3. The quantitative estimate of drug-likeness (QED) is 0.456. The molecular formula is C21H25Cl2N3O3S2. The number of carbonyl (C=O) groups excluding carboxylic acids is 1. The fraction of sp³-hybridized carbons (Fsp3) is 0.333. The molecule has 0 unspecified atom stereocenters. The van der Waals surface area contributed by atoms with Gasteiger partial charge in [0.05, 0.1) is 15.1 Å². The predicted molar refractivity (Wildman–Crippen MR) is 131 cm³/mol. The molecule has 3 aromatic rings.